The van der Waals surface area contributed by atoms with Gasteiger partial charge < -0.3 is 4.74 Å². The highest BCUT2D eigenvalue weighted by Crippen LogP contribution is 2.42. The van der Waals surface area contributed by atoms with Gasteiger partial charge in [-0.05, 0) is 44.0 Å². The summed E-state index contributed by atoms with van der Waals surface area (Å²) >= 11 is 9.94. The third-order valence-corrected chi connectivity index (χ3v) is 3.78. The van der Waals surface area contributed by atoms with E-state index in [0.29, 0.717) is 5.56 Å². The van der Waals surface area contributed by atoms with Crippen molar-refractivity contribution in [1.29, 1.82) is 0 Å². The molecule has 1 atom stereocenters. The SMILES string of the molecule is O=C1OC(Br)c2c(Br)ccc(Br)c21. The van der Waals surface area contributed by atoms with Crippen LogP contribution in [0.3, 0.4) is 0 Å². The maximum Gasteiger partial charge on any atom is 0.341 e. The molecule has 13 heavy (non-hydrogen) atoms. The van der Waals surface area contributed by atoms with Crippen molar-refractivity contribution in [1.82, 2.24) is 0 Å². The first-order valence-electron chi connectivity index (χ1n) is 3.44. The number of esters is 1. The van der Waals surface area contributed by atoms with Crippen LogP contribution in [0.4, 0.5) is 0 Å². The predicted octanol–water partition coefficient (Wildman–Crippen LogP) is 3.78. The van der Waals surface area contributed by atoms with Gasteiger partial charge in [-0.25, -0.2) is 4.79 Å². The van der Waals surface area contributed by atoms with Gasteiger partial charge in [0.15, 0.2) is 5.01 Å². The summed E-state index contributed by atoms with van der Waals surface area (Å²) < 4.78 is 6.65. The number of hydrogen-bond acceptors (Lipinski definition) is 2. The average Bonchev–Trinajstić information content (AvgIpc) is 2.36. The fraction of sp³-hybridized carbons (Fsp3) is 0.125. The van der Waals surface area contributed by atoms with Crippen molar-refractivity contribution in [2.75, 3.05) is 0 Å². The van der Waals surface area contributed by atoms with E-state index in [2.05, 4.69) is 47.8 Å². The Kier molecular flexibility index (Phi) is 2.51. The summed E-state index contributed by atoms with van der Waals surface area (Å²) in [6.07, 6.45) is 0. The highest BCUT2D eigenvalue weighted by molar-refractivity contribution is 9.11. The van der Waals surface area contributed by atoms with Crippen LogP contribution in [-0.4, -0.2) is 5.97 Å². The van der Waals surface area contributed by atoms with Crippen LogP contribution < -0.4 is 0 Å². The van der Waals surface area contributed by atoms with E-state index in [1.807, 2.05) is 12.1 Å². The van der Waals surface area contributed by atoms with Crippen LogP contribution in [0.25, 0.3) is 0 Å². The zero-order chi connectivity index (χ0) is 9.59. The Morgan fingerprint density at radius 3 is 2.46 bits per heavy atom. The van der Waals surface area contributed by atoms with Gasteiger partial charge in [0.2, 0.25) is 0 Å². The average molecular weight is 371 g/mol. The van der Waals surface area contributed by atoms with E-state index in [1.54, 1.807) is 0 Å². The summed E-state index contributed by atoms with van der Waals surface area (Å²) in [5.41, 5.74) is 1.44. The Labute approximate surface area is 100 Å². The van der Waals surface area contributed by atoms with Gasteiger partial charge in [0, 0.05) is 14.5 Å². The summed E-state index contributed by atoms with van der Waals surface area (Å²) in [6, 6.07) is 3.69. The summed E-state index contributed by atoms with van der Waals surface area (Å²) in [5, 5.41) is -0.345. The van der Waals surface area contributed by atoms with Crippen LogP contribution in [0.1, 0.15) is 20.9 Å². The molecule has 1 aliphatic rings. The molecule has 0 N–H and O–H groups in total. The van der Waals surface area contributed by atoms with E-state index >= 15 is 0 Å². The molecule has 0 saturated carbocycles. The number of ether oxygens (including phenoxy) is 1. The van der Waals surface area contributed by atoms with Crippen LogP contribution in [0.15, 0.2) is 21.1 Å². The molecule has 0 fully saturated rings. The second kappa shape index (κ2) is 3.37. The Morgan fingerprint density at radius 1 is 1.23 bits per heavy atom. The lowest BCUT2D eigenvalue weighted by Crippen LogP contribution is -1.94. The largest absolute Gasteiger partial charge is 0.442 e. The standard InChI is InChI=1S/C8H3Br3O2/c9-3-1-2-4(10)6-5(3)7(11)13-8(6)12/h1-2,7H. The molecular formula is C8H3Br3O2. The molecule has 0 radical (unpaired) electrons. The third-order valence-electron chi connectivity index (χ3n) is 1.78. The van der Waals surface area contributed by atoms with Crippen LogP contribution >= 0.6 is 47.8 Å². The molecular weight excluding hydrogens is 368 g/mol. The molecule has 0 spiro atoms. The van der Waals surface area contributed by atoms with E-state index < -0.39 is 0 Å². The number of carbonyl (C=O) groups is 1. The topological polar surface area (TPSA) is 26.3 Å². The second-order valence-electron chi connectivity index (χ2n) is 2.54. The maximum atomic E-state index is 11.3. The lowest BCUT2D eigenvalue weighted by Gasteiger charge is -2.03. The minimum atomic E-state index is -0.345. The normalized spacial score (nSPS) is 19.9. The monoisotopic (exact) mass is 368 g/mol. The zero-order valence-corrected chi connectivity index (χ0v) is 10.9. The molecule has 68 valence electrons. The number of hydrogen-bond donors (Lipinski definition) is 0. The van der Waals surface area contributed by atoms with E-state index in [9.17, 15) is 4.79 Å². The van der Waals surface area contributed by atoms with Crippen LogP contribution in [0.5, 0.6) is 0 Å². The van der Waals surface area contributed by atoms with Gasteiger partial charge in [-0.1, -0.05) is 15.9 Å². The Bertz CT molecular complexity index is 389. The van der Waals surface area contributed by atoms with Gasteiger partial charge in [-0.3, -0.25) is 0 Å². The number of carbonyl (C=O) groups excluding carboxylic acids is 1. The van der Waals surface area contributed by atoms with Gasteiger partial charge in [0.1, 0.15) is 0 Å². The number of cyclic esters (lactones) is 1. The predicted molar refractivity (Wildman–Crippen MR) is 58.9 cm³/mol. The third kappa shape index (κ3) is 1.47. The van der Waals surface area contributed by atoms with Crippen LogP contribution in [0.2, 0.25) is 0 Å². The van der Waals surface area contributed by atoms with Gasteiger partial charge >= 0.3 is 5.97 Å². The number of rotatable bonds is 0. The molecule has 5 heteroatoms. The molecule has 1 aromatic rings. The summed E-state index contributed by atoms with van der Waals surface area (Å²) in [5.74, 6) is -0.301. The molecule has 1 heterocycles. The van der Waals surface area contributed by atoms with E-state index in [0.717, 1.165) is 14.5 Å². The van der Waals surface area contributed by atoms with Gasteiger partial charge in [-0.15, -0.1) is 0 Å². The van der Waals surface area contributed by atoms with Crippen molar-refractivity contribution in [2.45, 2.75) is 5.01 Å². The van der Waals surface area contributed by atoms with E-state index in [1.165, 1.54) is 0 Å². The molecule has 2 rings (SSSR count). The highest BCUT2D eigenvalue weighted by Gasteiger charge is 2.32. The quantitative estimate of drug-likeness (QED) is 0.513. The molecule has 0 bridgehead atoms. The van der Waals surface area contributed by atoms with E-state index in [4.69, 9.17) is 4.74 Å². The first-order chi connectivity index (χ1) is 6.11. The molecule has 0 aliphatic carbocycles. The first-order valence-corrected chi connectivity index (χ1v) is 5.94. The van der Waals surface area contributed by atoms with Crippen LogP contribution in [0, 0.1) is 0 Å². The Balaban J connectivity index is 2.74. The summed E-state index contributed by atoms with van der Waals surface area (Å²) in [7, 11) is 0. The Hall–Kier alpha value is 0.130. The molecule has 0 aromatic heterocycles. The minimum Gasteiger partial charge on any atom is -0.442 e. The van der Waals surface area contributed by atoms with Crippen molar-refractivity contribution < 1.29 is 9.53 Å². The van der Waals surface area contributed by atoms with Crippen molar-refractivity contribution >= 4 is 53.8 Å². The van der Waals surface area contributed by atoms with Crippen molar-refractivity contribution in [3.63, 3.8) is 0 Å². The summed E-state index contributed by atoms with van der Waals surface area (Å²) in [6.45, 7) is 0. The molecule has 1 unspecified atom stereocenters. The van der Waals surface area contributed by atoms with Gasteiger partial charge in [0.05, 0.1) is 5.56 Å². The first kappa shape index (κ1) is 9.68. The second-order valence-corrected chi connectivity index (χ2v) is 5.08. The fourth-order valence-corrected chi connectivity index (χ4v) is 3.21. The molecule has 1 aromatic carbocycles. The van der Waals surface area contributed by atoms with Crippen molar-refractivity contribution in [3.05, 3.63) is 32.2 Å². The summed E-state index contributed by atoms with van der Waals surface area (Å²) in [4.78, 5) is 11.3. The number of alkyl halides is 1. The van der Waals surface area contributed by atoms with Crippen LogP contribution in [-0.2, 0) is 4.74 Å². The molecule has 0 amide bonds. The molecule has 2 nitrogen and oxygen atoms in total. The Morgan fingerprint density at radius 2 is 1.85 bits per heavy atom. The van der Waals surface area contributed by atoms with E-state index in [-0.39, 0.29) is 11.0 Å². The number of benzene rings is 1. The highest BCUT2D eigenvalue weighted by atomic mass is 79.9. The molecule has 1 aliphatic heterocycles. The number of halogens is 3. The maximum absolute atomic E-state index is 11.3. The lowest BCUT2D eigenvalue weighted by molar-refractivity contribution is 0.0529. The van der Waals surface area contributed by atoms with Crippen molar-refractivity contribution in [3.8, 4) is 0 Å². The fourth-order valence-electron chi connectivity index (χ4n) is 1.21. The molecule has 0 saturated heterocycles. The van der Waals surface area contributed by atoms with Gasteiger partial charge in [-0.2, -0.15) is 0 Å². The van der Waals surface area contributed by atoms with Crippen molar-refractivity contribution in [2.24, 2.45) is 0 Å². The van der Waals surface area contributed by atoms with Gasteiger partial charge in [0.25, 0.3) is 0 Å². The smallest absolute Gasteiger partial charge is 0.341 e. The zero-order valence-electron chi connectivity index (χ0n) is 6.18. The number of fused-ring (bicyclic) bond motifs is 1. The minimum absolute atomic E-state index is 0.301. The lowest BCUT2D eigenvalue weighted by atomic mass is 10.1.